The van der Waals surface area contributed by atoms with E-state index in [2.05, 4.69) is 13.8 Å². The quantitative estimate of drug-likeness (QED) is 0.595. The summed E-state index contributed by atoms with van der Waals surface area (Å²) < 4.78 is 20.7. The molecule has 1 N–H and O–H groups in total. The second-order valence-electron chi connectivity index (χ2n) is 11.3. The van der Waals surface area contributed by atoms with Gasteiger partial charge in [0.2, 0.25) is 0 Å². The number of allylic oxidation sites excluding steroid dienone is 4. The van der Waals surface area contributed by atoms with Crippen molar-refractivity contribution in [3.63, 3.8) is 0 Å². The number of Topliss-reactive ketones (excluding diaryl/α,β-unsaturated/α-hetero) is 1. The lowest BCUT2D eigenvalue weighted by molar-refractivity contribution is -0.155. The Labute approximate surface area is 195 Å². The second kappa shape index (κ2) is 8.75. The molecule has 9 unspecified atom stereocenters. The Kier molecular flexibility index (Phi) is 6.45. The SMILES string of the molecule is CCCCC(=O)OCC(=O)C1C(C)CC2C3CC(F)C4=CC(=O)C=CC4(C)C3C(O)CC21C. The van der Waals surface area contributed by atoms with Gasteiger partial charge < -0.3 is 9.84 Å². The molecular weight excluding hydrogens is 423 g/mol. The van der Waals surface area contributed by atoms with Gasteiger partial charge in [0.25, 0.3) is 0 Å². The lowest BCUT2D eigenvalue weighted by Gasteiger charge is -2.59. The summed E-state index contributed by atoms with van der Waals surface area (Å²) in [5.74, 6) is -1.08. The van der Waals surface area contributed by atoms with Crippen LogP contribution in [-0.4, -0.2) is 41.5 Å². The molecule has 4 aliphatic rings. The molecule has 0 aliphatic heterocycles. The Balaban J connectivity index is 1.58. The Morgan fingerprint density at radius 2 is 2.00 bits per heavy atom. The first kappa shape index (κ1) is 24.3. The maximum atomic E-state index is 15.4. The zero-order valence-corrected chi connectivity index (χ0v) is 20.2. The van der Waals surface area contributed by atoms with Crippen molar-refractivity contribution in [3.05, 3.63) is 23.8 Å². The van der Waals surface area contributed by atoms with Gasteiger partial charge in [-0.2, -0.15) is 0 Å². The number of halogens is 1. The Morgan fingerprint density at radius 3 is 2.70 bits per heavy atom. The molecule has 0 amide bonds. The first-order valence-corrected chi connectivity index (χ1v) is 12.5. The minimum atomic E-state index is -1.23. The Bertz CT molecular complexity index is 893. The molecule has 9 atom stereocenters. The minimum Gasteiger partial charge on any atom is -0.458 e. The summed E-state index contributed by atoms with van der Waals surface area (Å²) in [6.07, 6.45) is 6.20. The topological polar surface area (TPSA) is 80.7 Å². The van der Waals surface area contributed by atoms with Crippen LogP contribution in [0.3, 0.4) is 0 Å². The number of alkyl halides is 1. The van der Waals surface area contributed by atoms with Gasteiger partial charge in [-0.1, -0.05) is 40.2 Å². The summed E-state index contributed by atoms with van der Waals surface area (Å²) in [6, 6.07) is 0. The molecule has 0 heterocycles. The van der Waals surface area contributed by atoms with E-state index in [1.165, 1.54) is 12.2 Å². The third-order valence-corrected chi connectivity index (χ3v) is 9.27. The van der Waals surface area contributed by atoms with E-state index in [1.54, 1.807) is 6.08 Å². The molecule has 0 bridgehead atoms. The highest BCUT2D eigenvalue weighted by atomic mass is 19.1. The van der Waals surface area contributed by atoms with Crippen LogP contribution < -0.4 is 0 Å². The number of fused-ring (bicyclic) bond motifs is 5. The van der Waals surface area contributed by atoms with Gasteiger partial charge >= 0.3 is 5.97 Å². The number of hydrogen-bond acceptors (Lipinski definition) is 5. The van der Waals surface area contributed by atoms with Crippen molar-refractivity contribution >= 4 is 17.5 Å². The van der Waals surface area contributed by atoms with Crippen molar-refractivity contribution < 1.29 is 28.6 Å². The van der Waals surface area contributed by atoms with Crippen LogP contribution in [0.1, 0.15) is 66.2 Å². The zero-order valence-electron chi connectivity index (χ0n) is 20.2. The van der Waals surface area contributed by atoms with Gasteiger partial charge in [-0.3, -0.25) is 14.4 Å². The molecule has 4 rings (SSSR count). The van der Waals surface area contributed by atoms with E-state index >= 15 is 4.39 Å². The lowest BCUT2D eigenvalue weighted by Crippen LogP contribution is -2.58. The monoisotopic (exact) mass is 460 g/mol. The predicted molar refractivity (Wildman–Crippen MR) is 122 cm³/mol. The molecule has 6 heteroatoms. The Morgan fingerprint density at radius 1 is 1.27 bits per heavy atom. The van der Waals surface area contributed by atoms with Gasteiger partial charge in [0, 0.05) is 23.7 Å². The van der Waals surface area contributed by atoms with E-state index in [0.29, 0.717) is 18.4 Å². The van der Waals surface area contributed by atoms with E-state index in [9.17, 15) is 19.5 Å². The number of aliphatic hydroxyl groups is 1. The van der Waals surface area contributed by atoms with Crippen LogP contribution in [0, 0.1) is 40.4 Å². The lowest BCUT2D eigenvalue weighted by atomic mass is 9.46. The number of ether oxygens (including phenoxy) is 1. The summed E-state index contributed by atoms with van der Waals surface area (Å²) in [4.78, 5) is 37.1. The number of esters is 1. The van der Waals surface area contributed by atoms with Gasteiger partial charge in [-0.15, -0.1) is 0 Å². The first-order valence-electron chi connectivity index (χ1n) is 12.5. The molecule has 3 saturated carbocycles. The van der Waals surface area contributed by atoms with Gasteiger partial charge in [-0.05, 0) is 66.6 Å². The van der Waals surface area contributed by atoms with E-state index in [1.807, 2.05) is 13.8 Å². The largest absolute Gasteiger partial charge is 0.458 e. The molecule has 182 valence electrons. The fourth-order valence-electron chi connectivity index (χ4n) is 8.02. The highest BCUT2D eigenvalue weighted by molar-refractivity contribution is 6.01. The number of unbranched alkanes of at least 4 members (excludes halogenated alkanes) is 1. The predicted octanol–water partition coefficient (Wildman–Crippen LogP) is 4.38. The zero-order chi connectivity index (χ0) is 24.1. The van der Waals surface area contributed by atoms with Crippen molar-refractivity contribution in [3.8, 4) is 0 Å². The molecule has 5 nitrogen and oxygen atoms in total. The molecule has 33 heavy (non-hydrogen) atoms. The normalized spacial score (nSPS) is 43.9. The molecule has 4 aliphatic carbocycles. The molecule has 0 aromatic heterocycles. The molecule has 0 radical (unpaired) electrons. The highest BCUT2D eigenvalue weighted by Gasteiger charge is 2.65. The maximum absolute atomic E-state index is 15.4. The number of carbonyl (C=O) groups is 3. The average molecular weight is 461 g/mol. The van der Waals surface area contributed by atoms with Gasteiger partial charge in [0.05, 0.1) is 6.10 Å². The van der Waals surface area contributed by atoms with Crippen LogP contribution in [-0.2, 0) is 19.1 Å². The third kappa shape index (κ3) is 3.92. The van der Waals surface area contributed by atoms with E-state index < -0.39 is 23.1 Å². The maximum Gasteiger partial charge on any atom is 0.306 e. The minimum absolute atomic E-state index is 0.0686. The van der Waals surface area contributed by atoms with Gasteiger partial charge in [-0.25, -0.2) is 4.39 Å². The van der Waals surface area contributed by atoms with Crippen molar-refractivity contribution in [2.24, 2.45) is 40.4 Å². The summed E-state index contributed by atoms with van der Waals surface area (Å²) in [5, 5.41) is 11.4. The summed E-state index contributed by atoms with van der Waals surface area (Å²) in [7, 11) is 0. The fraction of sp³-hybridized carbons (Fsp3) is 0.741. The second-order valence-corrected chi connectivity index (χ2v) is 11.3. The third-order valence-electron chi connectivity index (χ3n) is 9.27. The van der Waals surface area contributed by atoms with Crippen molar-refractivity contribution in [1.29, 1.82) is 0 Å². The Hall–Kier alpha value is -1.82. The van der Waals surface area contributed by atoms with E-state index in [-0.39, 0.29) is 60.2 Å². The van der Waals surface area contributed by atoms with Crippen molar-refractivity contribution in [2.75, 3.05) is 6.61 Å². The number of aliphatic hydroxyl groups excluding tert-OH is 1. The summed E-state index contributed by atoms with van der Waals surface area (Å²) in [6.45, 7) is 7.81. The smallest absolute Gasteiger partial charge is 0.306 e. The van der Waals surface area contributed by atoms with E-state index in [4.69, 9.17) is 4.74 Å². The van der Waals surface area contributed by atoms with Crippen LogP contribution >= 0.6 is 0 Å². The van der Waals surface area contributed by atoms with Crippen LogP contribution in [0.2, 0.25) is 0 Å². The molecule has 0 aromatic rings. The van der Waals surface area contributed by atoms with Crippen LogP contribution in [0.5, 0.6) is 0 Å². The average Bonchev–Trinajstić information content (AvgIpc) is 3.01. The van der Waals surface area contributed by atoms with Crippen molar-refractivity contribution in [1.82, 2.24) is 0 Å². The molecule has 0 aromatic carbocycles. The number of rotatable bonds is 6. The summed E-state index contributed by atoms with van der Waals surface area (Å²) in [5.41, 5.74) is -0.688. The number of carbonyl (C=O) groups excluding carboxylic acids is 3. The van der Waals surface area contributed by atoms with Crippen LogP contribution in [0.4, 0.5) is 4.39 Å². The number of ketones is 2. The molecule has 3 fully saturated rings. The van der Waals surface area contributed by atoms with E-state index in [0.717, 1.165) is 19.3 Å². The van der Waals surface area contributed by atoms with Gasteiger partial charge in [0.1, 0.15) is 12.8 Å². The molecule has 0 spiro atoms. The van der Waals surface area contributed by atoms with Crippen molar-refractivity contribution in [2.45, 2.75) is 78.5 Å². The molecule has 0 saturated heterocycles. The summed E-state index contributed by atoms with van der Waals surface area (Å²) >= 11 is 0. The van der Waals surface area contributed by atoms with Gasteiger partial charge in [0.15, 0.2) is 11.6 Å². The standard InChI is InChI=1S/C27H37FO5/c1-5-6-7-23(32)33-14-22(31)24-15(2)10-18-17-12-20(28)19-11-16(29)8-9-26(19,3)25(17)21(30)13-27(18,24)4/h8-9,11,15,17-18,20-21,24-25,30H,5-7,10,12-14H2,1-4H3. The highest BCUT2D eigenvalue weighted by Crippen LogP contribution is 2.67. The fourth-order valence-corrected chi connectivity index (χ4v) is 8.02. The molecular formula is C27H37FO5. The van der Waals surface area contributed by atoms with Crippen LogP contribution in [0.25, 0.3) is 0 Å². The van der Waals surface area contributed by atoms with Crippen LogP contribution in [0.15, 0.2) is 23.8 Å². The number of hydrogen-bond donors (Lipinski definition) is 1. The first-order chi connectivity index (χ1) is 15.5.